The van der Waals surface area contributed by atoms with Crippen LogP contribution in [-0.2, 0) is 70.2 Å². The third-order valence-corrected chi connectivity index (χ3v) is 6.45. The third kappa shape index (κ3) is 26.1. The summed E-state index contributed by atoms with van der Waals surface area (Å²) in [6, 6.07) is 20.0. The lowest BCUT2D eigenvalue weighted by Gasteiger charge is -2.08. The average molecular weight is 679 g/mol. The highest BCUT2D eigenvalue weighted by Gasteiger charge is 2.06. The van der Waals surface area contributed by atoms with Crippen LogP contribution in [0.25, 0.3) is 0 Å². The summed E-state index contributed by atoms with van der Waals surface area (Å²) < 4.78 is 54.0. The smallest absolute Gasteiger partial charge is 0.305 e. The molecule has 0 saturated carbocycles. The second-order valence-corrected chi connectivity index (χ2v) is 10.4. The molecule has 0 aliphatic heterocycles. The van der Waals surface area contributed by atoms with Gasteiger partial charge >= 0.3 is 11.9 Å². The van der Waals surface area contributed by atoms with E-state index in [0.29, 0.717) is 119 Å². The molecule has 2 aromatic rings. The highest BCUT2D eigenvalue weighted by molar-refractivity contribution is 5.70. The first-order valence-corrected chi connectivity index (χ1v) is 16.7. The van der Waals surface area contributed by atoms with Crippen molar-refractivity contribution < 1.29 is 57.0 Å². The standard InChI is InChI=1S/C36H54O12/c37-35(47-29-27-43-21-19-39-15-17-41-23-25-45-31-33-9-3-1-4-10-33)13-7-8-14-36(38)48-30-28-44-22-20-40-16-18-42-24-26-46-32-34-11-5-2-6-12-34/h1-6,9-12H,7-8,13-32H2. The predicted molar refractivity (Wildman–Crippen MR) is 177 cm³/mol. The molecule has 2 rings (SSSR count). The number of hydrogen-bond acceptors (Lipinski definition) is 12. The minimum Gasteiger partial charge on any atom is -0.463 e. The van der Waals surface area contributed by atoms with Crippen molar-refractivity contribution in [1.29, 1.82) is 0 Å². The van der Waals surface area contributed by atoms with Gasteiger partial charge in [0.05, 0.1) is 106 Å². The van der Waals surface area contributed by atoms with Crippen LogP contribution >= 0.6 is 0 Å². The van der Waals surface area contributed by atoms with Gasteiger partial charge in [0, 0.05) is 12.8 Å². The molecule has 0 fully saturated rings. The van der Waals surface area contributed by atoms with E-state index in [1.54, 1.807) is 0 Å². The van der Waals surface area contributed by atoms with E-state index in [2.05, 4.69) is 0 Å². The Balaban J connectivity index is 1.21. The second-order valence-electron chi connectivity index (χ2n) is 10.4. The molecule has 0 atom stereocenters. The summed E-state index contributed by atoms with van der Waals surface area (Å²) in [6.45, 7) is 7.77. The van der Waals surface area contributed by atoms with Crippen molar-refractivity contribution in [3.05, 3.63) is 71.8 Å². The molecule has 0 saturated heterocycles. The Labute approximate surface area is 285 Å². The van der Waals surface area contributed by atoms with Gasteiger partial charge in [-0.15, -0.1) is 0 Å². The molecule has 0 bridgehead atoms. The van der Waals surface area contributed by atoms with Crippen LogP contribution < -0.4 is 0 Å². The van der Waals surface area contributed by atoms with Crippen molar-refractivity contribution in [3.63, 3.8) is 0 Å². The summed E-state index contributed by atoms with van der Waals surface area (Å²) in [4.78, 5) is 23.7. The van der Waals surface area contributed by atoms with Crippen LogP contribution in [0.1, 0.15) is 36.8 Å². The first-order valence-electron chi connectivity index (χ1n) is 16.7. The number of carbonyl (C=O) groups excluding carboxylic acids is 2. The first-order chi connectivity index (χ1) is 23.7. The number of unbranched alkanes of at least 4 members (excludes halogenated alkanes) is 1. The van der Waals surface area contributed by atoms with E-state index >= 15 is 0 Å². The summed E-state index contributed by atoms with van der Waals surface area (Å²) in [5.41, 5.74) is 2.27. The predicted octanol–water partition coefficient (Wildman–Crippen LogP) is 4.17. The molecule has 0 N–H and O–H groups in total. The minimum absolute atomic E-state index is 0.177. The maximum Gasteiger partial charge on any atom is 0.305 e. The molecule has 0 aliphatic carbocycles. The van der Waals surface area contributed by atoms with Crippen LogP contribution in [-0.4, -0.2) is 118 Å². The van der Waals surface area contributed by atoms with Crippen LogP contribution in [0, 0.1) is 0 Å². The number of rotatable bonds is 33. The lowest BCUT2D eigenvalue weighted by atomic mass is 10.2. The third-order valence-electron chi connectivity index (χ3n) is 6.45. The van der Waals surface area contributed by atoms with Gasteiger partial charge in [-0.05, 0) is 24.0 Å². The fraction of sp³-hybridized carbons (Fsp3) is 0.611. The fourth-order valence-electron chi connectivity index (χ4n) is 3.96. The van der Waals surface area contributed by atoms with Crippen molar-refractivity contribution >= 4 is 11.9 Å². The number of ether oxygens (including phenoxy) is 10. The minimum atomic E-state index is -0.317. The summed E-state index contributed by atoms with van der Waals surface area (Å²) in [6.07, 6.45) is 1.57. The topological polar surface area (TPSA) is 126 Å². The molecule has 0 amide bonds. The van der Waals surface area contributed by atoms with E-state index in [1.165, 1.54) is 0 Å². The van der Waals surface area contributed by atoms with Gasteiger partial charge in [-0.2, -0.15) is 0 Å². The Hall–Kier alpha value is -2.94. The van der Waals surface area contributed by atoms with E-state index < -0.39 is 0 Å². The zero-order valence-corrected chi connectivity index (χ0v) is 28.2. The first kappa shape index (κ1) is 41.2. The highest BCUT2D eigenvalue weighted by atomic mass is 16.6. The van der Waals surface area contributed by atoms with Gasteiger partial charge in [0.15, 0.2) is 0 Å². The van der Waals surface area contributed by atoms with E-state index in [0.717, 1.165) is 11.1 Å². The highest BCUT2D eigenvalue weighted by Crippen LogP contribution is 2.04. The monoisotopic (exact) mass is 678 g/mol. The molecule has 0 radical (unpaired) electrons. The molecular weight excluding hydrogens is 624 g/mol. The number of hydrogen-bond donors (Lipinski definition) is 0. The van der Waals surface area contributed by atoms with E-state index in [-0.39, 0.29) is 38.0 Å². The maximum absolute atomic E-state index is 11.8. The number of benzene rings is 2. The van der Waals surface area contributed by atoms with E-state index in [4.69, 9.17) is 47.4 Å². The van der Waals surface area contributed by atoms with Crippen molar-refractivity contribution in [2.24, 2.45) is 0 Å². The summed E-state index contributed by atoms with van der Waals surface area (Å²) >= 11 is 0. The molecule has 270 valence electrons. The molecule has 2 aromatic carbocycles. The second kappa shape index (κ2) is 31.3. The Morgan fingerprint density at radius 3 is 0.938 bits per heavy atom. The Kier molecular flexibility index (Phi) is 26.9. The van der Waals surface area contributed by atoms with Crippen LogP contribution in [0.3, 0.4) is 0 Å². The normalized spacial score (nSPS) is 11.1. The van der Waals surface area contributed by atoms with Crippen molar-refractivity contribution in [3.8, 4) is 0 Å². The van der Waals surface area contributed by atoms with Gasteiger partial charge in [-0.3, -0.25) is 9.59 Å². The van der Waals surface area contributed by atoms with Gasteiger partial charge in [0.1, 0.15) is 13.2 Å². The average Bonchev–Trinajstić information content (AvgIpc) is 3.11. The number of carbonyl (C=O) groups is 2. The van der Waals surface area contributed by atoms with Crippen LogP contribution in [0.4, 0.5) is 0 Å². The summed E-state index contributed by atoms with van der Waals surface area (Å²) in [5.74, 6) is -0.633. The summed E-state index contributed by atoms with van der Waals surface area (Å²) in [5, 5.41) is 0. The molecule has 0 aliphatic rings. The molecule has 0 heterocycles. The lowest BCUT2D eigenvalue weighted by Crippen LogP contribution is -2.15. The largest absolute Gasteiger partial charge is 0.463 e. The number of esters is 2. The Morgan fingerprint density at radius 1 is 0.354 bits per heavy atom. The van der Waals surface area contributed by atoms with Gasteiger partial charge < -0.3 is 47.4 Å². The van der Waals surface area contributed by atoms with Crippen LogP contribution in [0.2, 0.25) is 0 Å². The SMILES string of the molecule is O=C(CCCCC(=O)OCCOCCOCCOCCOCc1ccccc1)OCCOCCOCCOCCOCc1ccccc1. The molecule has 0 unspecified atom stereocenters. The quantitative estimate of drug-likeness (QED) is 0.0795. The summed E-state index contributed by atoms with van der Waals surface area (Å²) in [7, 11) is 0. The lowest BCUT2D eigenvalue weighted by molar-refractivity contribution is -0.147. The fourth-order valence-corrected chi connectivity index (χ4v) is 3.96. The van der Waals surface area contributed by atoms with Crippen molar-refractivity contribution in [2.45, 2.75) is 38.9 Å². The molecular formula is C36H54O12. The van der Waals surface area contributed by atoms with Gasteiger partial charge in [-0.1, -0.05) is 60.7 Å². The zero-order chi connectivity index (χ0) is 34.0. The zero-order valence-electron chi connectivity index (χ0n) is 28.2. The molecule has 12 nitrogen and oxygen atoms in total. The van der Waals surface area contributed by atoms with Gasteiger partial charge in [0.2, 0.25) is 0 Å². The molecule has 48 heavy (non-hydrogen) atoms. The van der Waals surface area contributed by atoms with Crippen LogP contribution in [0.5, 0.6) is 0 Å². The van der Waals surface area contributed by atoms with Gasteiger partial charge in [0.25, 0.3) is 0 Å². The molecule has 12 heteroatoms. The molecule has 0 spiro atoms. The molecule has 0 aromatic heterocycles. The maximum atomic E-state index is 11.8. The Bertz CT molecular complexity index is 927. The van der Waals surface area contributed by atoms with E-state index in [9.17, 15) is 9.59 Å². The van der Waals surface area contributed by atoms with Crippen molar-refractivity contribution in [1.82, 2.24) is 0 Å². The van der Waals surface area contributed by atoms with Crippen LogP contribution in [0.15, 0.2) is 60.7 Å². The van der Waals surface area contributed by atoms with E-state index in [1.807, 2.05) is 60.7 Å². The Morgan fingerprint density at radius 2 is 0.625 bits per heavy atom. The van der Waals surface area contributed by atoms with Gasteiger partial charge in [-0.25, -0.2) is 0 Å². The van der Waals surface area contributed by atoms with Crippen molar-refractivity contribution in [2.75, 3.05) is 106 Å².